The van der Waals surface area contributed by atoms with Crippen LogP contribution in [0.3, 0.4) is 0 Å². The van der Waals surface area contributed by atoms with Gasteiger partial charge in [-0.2, -0.15) is 0 Å². The van der Waals surface area contributed by atoms with Crippen LogP contribution >= 0.6 is 7.82 Å². The van der Waals surface area contributed by atoms with Crippen LogP contribution in [0.2, 0.25) is 0 Å². The molecule has 0 atom stereocenters. The normalized spacial score (nSPS) is 11.9. The highest BCUT2D eigenvalue weighted by Gasteiger charge is 2.22. The fraction of sp³-hybridized carbons (Fsp3) is 0. The van der Waals surface area contributed by atoms with Gasteiger partial charge in [-0.25, -0.2) is 16.4 Å². The summed E-state index contributed by atoms with van der Waals surface area (Å²) >= 11 is 0. The summed E-state index contributed by atoms with van der Waals surface area (Å²) in [6, 6.07) is 0. The van der Waals surface area contributed by atoms with E-state index in [0.717, 1.165) is 0 Å². The molecule has 7 heteroatoms. The van der Waals surface area contributed by atoms with Gasteiger partial charge in [-0.15, -0.1) is 0 Å². The lowest BCUT2D eigenvalue weighted by molar-refractivity contribution is -0.683. The minimum absolute atomic E-state index is 2.65. The Hall–Kier alpha value is 0.0300. The molecule has 0 radical (unpaired) electrons. The zero-order valence-electron chi connectivity index (χ0n) is 3.53. The number of phosphoric acid groups is 1. The average Bonchev–Trinajstić information content (AvgIpc) is 1.68. The lowest BCUT2D eigenvalue weighted by atomic mass is 13.6. The summed E-state index contributed by atoms with van der Waals surface area (Å²) < 4.78 is 17.3. The van der Waals surface area contributed by atoms with Crippen molar-refractivity contribution >= 4 is 7.82 Å². The van der Waals surface area contributed by atoms with E-state index in [4.69, 9.17) is 4.89 Å². The van der Waals surface area contributed by atoms with Gasteiger partial charge in [0.05, 0.1) is 0 Å². The second-order valence-corrected chi connectivity index (χ2v) is 2.18. The molecule has 44 valence electrons. The summed E-state index contributed by atoms with van der Waals surface area (Å²) in [7, 11) is -3.88. The Morgan fingerprint density at radius 3 is 1.71 bits per heavy atom. The Morgan fingerprint density at radius 1 is 1.43 bits per heavy atom. The SMILES string of the molecule is [NH3+]OP(=O)(O)O[NH3+]. The molecule has 0 bridgehead atoms. The second-order valence-electron chi connectivity index (χ2n) is 0.727. The molecule has 0 saturated carbocycles. The molecule has 0 rings (SSSR count). The molecule has 0 aliphatic rings. The van der Waals surface area contributed by atoms with Crippen LogP contribution in [-0.2, 0) is 13.8 Å². The van der Waals surface area contributed by atoms with Crippen LogP contribution in [0.15, 0.2) is 0 Å². The number of hydrogen-bond acceptors (Lipinski definition) is 3. The number of hydrogen-bond donors (Lipinski definition) is 3. The topological polar surface area (TPSA) is 111 Å². The van der Waals surface area contributed by atoms with Gasteiger partial charge in [-0.1, -0.05) is 9.25 Å². The van der Waals surface area contributed by atoms with E-state index in [1.165, 1.54) is 0 Å². The van der Waals surface area contributed by atoms with Crippen LogP contribution in [0.4, 0.5) is 0 Å². The second kappa shape index (κ2) is 2.37. The lowest BCUT2D eigenvalue weighted by Gasteiger charge is -1.93. The van der Waals surface area contributed by atoms with E-state index in [0.29, 0.717) is 0 Å². The van der Waals surface area contributed by atoms with Gasteiger partial charge in [0.15, 0.2) is 0 Å². The van der Waals surface area contributed by atoms with Gasteiger partial charge in [0.1, 0.15) is 0 Å². The highest BCUT2D eigenvalue weighted by Crippen LogP contribution is 2.36. The van der Waals surface area contributed by atoms with Crippen LogP contribution in [-0.4, -0.2) is 4.89 Å². The zero-order valence-corrected chi connectivity index (χ0v) is 4.43. The van der Waals surface area contributed by atoms with E-state index in [1.807, 2.05) is 0 Å². The third kappa shape index (κ3) is 2.69. The molecule has 0 spiro atoms. The fourth-order valence-electron chi connectivity index (χ4n) is 0.0373. The van der Waals surface area contributed by atoms with Gasteiger partial charge in [0, 0.05) is 0 Å². The van der Waals surface area contributed by atoms with Gasteiger partial charge < -0.3 is 0 Å². The Balaban J connectivity index is 3.61. The fourth-order valence-corrected chi connectivity index (χ4v) is 0.112. The minimum atomic E-state index is -3.88. The van der Waals surface area contributed by atoms with Crippen LogP contribution in [0.5, 0.6) is 0 Å². The molecule has 0 heterocycles. The van der Waals surface area contributed by atoms with Gasteiger partial charge >= 0.3 is 7.82 Å². The van der Waals surface area contributed by atoms with Crippen molar-refractivity contribution in [2.45, 2.75) is 0 Å². The Kier molecular flexibility index (Phi) is 2.38. The van der Waals surface area contributed by atoms with E-state index in [9.17, 15) is 4.57 Å². The lowest BCUT2D eigenvalue weighted by Crippen LogP contribution is -2.53. The molecular formula is H7N2O4P+2. The quantitative estimate of drug-likeness (QED) is 0.282. The van der Waals surface area contributed by atoms with Gasteiger partial charge in [-0.3, -0.25) is 4.89 Å². The molecule has 0 amide bonds. The number of quaternary nitrogens is 2. The summed E-state index contributed by atoms with van der Waals surface area (Å²) in [6.07, 6.45) is 0. The van der Waals surface area contributed by atoms with Crippen molar-refractivity contribution in [2.75, 3.05) is 0 Å². The first-order valence-corrected chi connectivity index (χ1v) is 2.82. The first-order chi connectivity index (χ1) is 3.12. The molecule has 7 heavy (non-hydrogen) atoms. The maximum absolute atomic E-state index is 9.94. The van der Waals surface area contributed by atoms with E-state index < -0.39 is 7.82 Å². The molecule has 0 aliphatic carbocycles. The van der Waals surface area contributed by atoms with Crippen molar-refractivity contribution in [1.29, 1.82) is 0 Å². The van der Waals surface area contributed by atoms with E-state index in [1.54, 1.807) is 0 Å². The zero-order chi connectivity index (χ0) is 5.91. The summed E-state index contributed by atoms with van der Waals surface area (Å²) in [5.41, 5.74) is 0. The van der Waals surface area contributed by atoms with Gasteiger partial charge in [0.25, 0.3) is 0 Å². The van der Waals surface area contributed by atoms with E-state index >= 15 is 0 Å². The molecule has 0 fully saturated rings. The van der Waals surface area contributed by atoms with Crippen molar-refractivity contribution in [1.82, 2.24) is 0 Å². The van der Waals surface area contributed by atoms with Gasteiger partial charge in [0.2, 0.25) is 0 Å². The number of rotatable bonds is 2. The molecule has 0 aromatic rings. The Labute approximate surface area is 39.5 Å². The summed E-state index contributed by atoms with van der Waals surface area (Å²) in [4.78, 5) is 8.12. The standard InChI is InChI=1S/H6N2O4P/c1-5-7(3,4)6-2/h1-2H3/q+1/p+1. The van der Waals surface area contributed by atoms with E-state index in [-0.39, 0.29) is 0 Å². The van der Waals surface area contributed by atoms with Crippen molar-refractivity contribution in [3.05, 3.63) is 0 Å². The molecular weight excluding hydrogens is 123 g/mol. The highest BCUT2D eigenvalue weighted by atomic mass is 31.2. The Morgan fingerprint density at radius 2 is 1.71 bits per heavy atom. The minimum Gasteiger partial charge on any atom is -0.296 e. The summed E-state index contributed by atoms with van der Waals surface area (Å²) in [5, 5.41) is 0. The van der Waals surface area contributed by atoms with Crippen LogP contribution < -0.4 is 11.8 Å². The summed E-state index contributed by atoms with van der Waals surface area (Å²) in [5.74, 6) is 5.30. The molecule has 0 aromatic heterocycles. The van der Waals surface area contributed by atoms with Crippen molar-refractivity contribution < 1.29 is 30.5 Å². The maximum atomic E-state index is 9.94. The molecule has 0 aromatic carbocycles. The van der Waals surface area contributed by atoms with Crippen LogP contribution in [0, 0.1) is 0 Å². The third-order valence-electron chi connectivity index (χ3n) is 0.326. The first-order valence-electron chi connectivity index (χ1n) is 1.33. The van der Waals surface area contributed by atoms with Crippen molar-refractivity contribution in [3.63, 3.8) is 0 Å². The molecule has 6 nitrogen and oxygen atoms in total. The monoisotopic (exact) mass is 130 g/mol. The van der Waals surface area contributed by atoms with Crippen molar-refractivity contribution in [2.24, 2.45) is 0 Å². The molecule has 0 unspecified atom stereocenters. The predicted octanol–water partition coefficient (Wildman–Crippen LogP) is -2.57. The van der Waals surface area contributed by atoms with Gasteiger partial charge in [-0.05, 0) is 0 Å². The van der Waals surface area contributed by atoms with Crippen LogP contribution in [0.1, 0.15) is 0 Å². The smallest absolute Gasteiger partial charge is 0.296 e. The average molecular weight is 130 g/mol. The predicted molar refractivity (Wildman–Crippen MR) is 17.8 cm³/mol. The first kappa shape index (κ1) is 7.03. The van der Waals surface area contributed by atoms with E-state index in [2.05, 4.69) is 21.0 Å². The molecule has 0 aliphatic heterocycles. The largest absolute Gasteiger partial charge is 0.564 e. The third-order valence-corrected chi connectivity index (χ3v) is 0.979. The van der Waals surface area contributed by atoms with Crippen molar-refractivity contribution in [3.8, 4) is 0 Å². The summed E-state index contributed by atoms with van der Waals surface area (Å²) in [6.45, 7) is 0. The highest BCUT2D eigenvalue weighted by molar-refractivity contribution is 7.46. The Bertz CT molecular complexity index is 81.7. The molecule has 0 saturated heterocycles. The molecule has 7 N–H and O–H groups in total. The maximum Gasteiger partial charge on any atom is 0.564 e. The van der Waals surface area contributed by atoms with Crippen LogP contribution in [0.25, 0.3) is 0 Å².